The number of hydrogen-bond donors (Lipinski definition) is 0. The molecule has 10 heteroatoms. The van der Waals surface area contributed by atoms with Crippen molar-refractivity contribution in [1.82, 2.24) is 4.98 Å². The third kappa shape index (κ3) is 5.98. The van der Waals surface area contributed by atoms with Crippen molar-refractivity contribution >= 4 is 37.8 Å². The van der Waals surface area contributed by atoms with Crippen LogP contribution in [0.3, 0.4) is 0 Å². The van der Waals surface area contributed by atoms with Gasteiger partial charge in [0.1, 0.15) is 5.03 Å². The van der Waals surface area contributed by atoms with Gasteiger partial charge in [0, 0.05) is 11.5 Å². The number of rotatable bonds is 7. The molecule has 0 unspecified atom stereocenters. The SMILES string of the molecule is CCc1cc(SOO[O-])ncc1S(=O)(=O)CCBr.[Na+]. The molecule has 19 heavy (non-hydrogen) atoms. The molecule has 0 spiro atoms. The second kappa shape index (κ2) is 9.69. The molecule has 0 amide bonds. The van der Waals surface area contributed by atoms with Crippen LogP contribution in [0.25, 0.3) is 0 Å². The van der Waals surface area contributed by atoms with Crippen molar-refractivity contribution in [2.75, 3.05) is 11.1 Å². The molecular formula is C9H11BrNNaO5S2. The predicted molar refractivity (Wildman–Crippen MR) is 67.5 cm³/mol. The minimum Gasteiger partial charge on any atom is -0.691 e. The van der Waals surface area contributed by atoms with Crippen LogP contribution in [0.4, 0.5) is 0 Å². The topological polar surface area (TPSA) is 88.5 Å². The third-order valence-electron chi connectivity index (χ3n) is 2.13. The van der Waals surface area contributed by atoms with Gasteiger partial charge >= 0.3 is 29.6 Å². The molecule has 0 atom stereocenters. The Bertz CT molecular complexity index is 499. The van der Waals surface area contributed by atoms with Gasteiger partial charge < -0.3 is 5.26 Å². The summed E-state index contributed by atoms with van der Waals surface area (Å²) in [6, 6.07) is 1.56. The zero-order valence-electron chi connectivity index (χ0n) is 10.5. The summed E-state index contributed by atoms with van der Waals surface area (Å²) in [5, 5.41) is 13.6. The molecule has 102 valence electrons. The second-order valence-electron chi connectivity index (χ2n) is 3.21. The molecule has 1 aromatic rings. The first kappa shape index (κ1) is 19.8. The monoisotopic (exact) mass is 379 g/mol. The van der Waals surface area contributed by atoms with E-state index in [4.69, 9.17) is 0 Å². The smallest absolute Gasteiger partial charge is 0.691 e. The maximum absolute atomic E-state index is 12.0. The molecule has 0 N–H and O–H groups in total. The van der Waals surface area contributed by atoms with Gasteiger partial charge in [-0.15, -0.1) is 0 Å². The fourth-order valence-electron chi connectivity index (χ4n) is 1.32. The van der Waals surface area contributed by atoms with E-state index in [0.29, 0.717) is 34.4 Å². The third-order valence-corrected chi connectivity index (χ3v) is 5.35. The summed E-state index contributed by atoms with van der Waals surface area (Å²) >= 11 is 3.74. The van der Waals surface area contributed by atoms with E-state index in [1.54, 1.807) is 6.07 Å². The molecule has 0 aliphatic carbocycles. The summed E-state index contributed by atoms with van der Waals surface area (Å²) in [5.74, 6) is 0.00827. The number of aryl methyl sites for hydroxylation is 1. The van der Waals surface area contributed by atoms with Crippen LogP contribution in [0.15, 0.2) is 22.2 Å². The molecule has 0 saturated heterocycles. The Kier molecular flexibility index (Phi) is 10.1. The number of alkyl halides is 1. The molecule has 0 aromatic carbocycles. The van der Waals surface area contributed by atoms with E-state index < -0.39 is 9.84 Å². The van der Waals surface area contributed by atoms with Crippen molar-refractivity contribution in [2.45, 2.75) is 23.3 Å². The van der Waals surface area contributed by atoms with E-state index in [1.807, 2.05) is 6.92 Å². The standard InChI is InChI=1S/C9H12BrNO5S2.Na/c1-2-7-5-9(17-16-15-12)11-6-8(7)18(13,14)4-3-10;/h5-6,12H,2-4H2,1H3;/q;+1/p-1. The molecule has 1 heterocycles. The van der Waals surface area contributed by atoms with Gasteiger partial charge in [-0.3, -0.25) is 5.04 Å². The van der Waals surface area contributed by atoms with Crippen molar-refractivity contribution in [2.24, 2.45) is 0 Å². The fraction of sp³-hybridized carbons (Fsp3) is 0.444. The van der Waals surface area contributed by atoms with Crippen molar-refractivity contribution < 1.29 is 52.6 Å². The van der Waals surface area contributed by atoms with Crippen LogP contribution in [0, 0.1) is 0 Å². The van der Waals surface area contributed by atoms with Gasteiger partial charge in [-0.25, -0.2) is 13.4 Å². The predicted octanol–water partition coefficient (Wildman–Crippen LogP) is -1.95. The fourth-order valence-corrected chi connectivity index (χ4v) is 4.23. The molecule has 0 fully saturated rings. The van der Waals surface area contributed by atoms with E-state index in [0.717, 1.165) is 0 Å². The second-order valence-corrected chi connectivity index (χ2v) is 6.80. The molecule has 6 nitrogen and oxygen atoms in total. The van der Waals surface area contributed by atoms with E-state index in [9.17, 15) is 13.7 Å². The summed E-state index contributed by atoms with van der Waals surface area (Å²) in [7, 11) is -3.34. The van der Waals surface area contributed by atoms with Crippen molar-refractivity contribution in [1.29, 1.82) is 0 Å². The zero-order chi connectivity index (χ0) is 13.6. The largest absolute Gasteiger partial charge is 1.00 e. The van der Waals surface area contributed by atoms with Crippen LogP contribution in [0.5, 0.6) is 0 Å². The van der Waals surface area contributed by atoms with Crippen LogP contribution in [-0.2, 0) is 25.6 Å². The van der Waals surface area contributed by atoms with Gasteiger partial charge in [0.25, 0.3) is 0 Å². The van der Waals surface area contributed by atoms with E-state index in [2.05, 4.69) is 30.3 Å². The van der Waals surface area contributed by atoms with Gasteiger partial charge in [0.05, 0.1) is 22.7 Å². The Hall–Kier alpha value is 0.810. The summed E-state index contributed by atoms with van der Waals surface area (Å²) in [6.07, 6.45) is 1.80. The quantitative estimate of drug-likeness (QED) is 0.179. The number of sulfone groups is 1. The van der Waals surface area contributed by atoms with Crippen LogP contribution in [-0.4, -0.2) is 24.5 Å². The van der Waals surface area contributed by atoms with Gasteiger partial charge in [0.15, 0.2) is 9.84 Å². The van der Waals surface area contributed by atoms with Gasteiger partial charge in [-0.1, -0.05) is 22.9 Å². The molecule has 0 radical (unpaired) electrons. The zero-order valence-corrected chi connectivity index (χ0v) is 15.7. The van der Waals surface area contributed by atoms with Crippen molar-refractivity contribution in [3.8, 4) is 0 Å². The maximum atomic E-state index is 12.0. The Morgan fingerprint density at radius 3 is 2.74 bits per heavy atom. The summed E-state index contributed by atoms with van der Waals surface area (Å²) < 4.78 is 28.0. The van der Waals surface area contributed by atoms with Gasteiger partial charge in [-0.05, 0) is 18.1 Å². The molecule has 0 bridgehead atoms. The van der Waals surface area contributed by atoms with Gasteiger partial charge in [0.2, 0.25) is 0 Å². The maximum Gasteiger partial charge on any atom is 1.00 e. The Morgan fingerprint density at radius 1 is 1.53 bits per heavy atom. The summed E-state index contributed by atoms with van der Waals surface area (Å²) in [5.41, 5.74) is 0.628. The first-order valence-corrected chi connectivity index (χ1v) is 8.47. The first-order valence-electron chi connectivity index (χ1n) is 4.96. The molecule has 1 rings (SSSR count). The average molecular weight is 380 g/mol. The van der Waals surface area contributed by atoms with Crippen LogP contribution in [0.2, 0.25) is 0 Å². The minimum atomic E-state index is -3.34. The number of nitrogens with zero attached hydrogens (tertiary/aromatic N) is 1. The number of aromatic nitrogens is 1. The normalized spacial score (nSPS) is 11.1. The Morgan fingerprint density at radius 2 is 2.21 bits per heavy atom. The van der Waals surface area contributed by atoms with E-state index in [1.165, 1.54) is 6.20 Å². The van der Waals surface area contributed by atoms with Crippen LogP contribution >= 0.6 is 28.0 Å². The number of halogens is 1. The molecule has 0 aliphatic rings. The van der Waals surface area contributed by atoms with Crippen molar-refractivity contribution in [3.05, 3.63) is 17.8 Å². The Balaban J connectivity index is 0.00000324. The average Bonchev–Trinajstić information content (AvgIpc) is 2.35. The number of hydrogen-bond acceptors (Lipinski definition) is 7. The Labute approximate surface area is 146 Å². The van der Waals surface area contributed by atoms with Crippen LogP contribution < -0.4 is 34.8 Å². The first-order chi connectivity index (χ1) is 8.55. The molecule has 1 aromatic heterocycles. The van der Waals surface area contributed by atoms with Gasteiger partial charge in [-0.2, -0.15) is 4.33 Å². The number of pyridine rings is 1. The molecule has 0 saturated carbocycles. The van der Waals surface area contributed by atoms with E-state index >= 15 is 0 Å². The van der Waals surface area contributed by atoms with Crippen LogP contribution in [0.1, 0.15) is 12.5 Å². The summed E-state index contributed by atoms with van der Waals surface area (Å²) in [4.78, 5) is 4.10. The van der Waals surface area contributed by atoms with E-state index in [-0.39, 0.29) is 40.2 Å². The molecular weight excluding hydrogens is 369 g/mol. The minimum absolute atomic E-state index is 0. The summed E-state index contributed by atoms with van der Waals surface area (Å²) in [6.45, 7) is 1.84. The molecule has 0 aliphatic heterocycles. The van der Waals surface area contributed by atoms with Crippen molar-refractivity contribution in [3.63, 3.8) is 0 Å².